The van der Waals surface area contributed by atoms with Crippen LogP contribution in [0.25, 0.3) is 0 Å². The smallest absolute Gasteiger partial charge is 0.307 e. The van der Waals surface area contributed by atoms with Crippen LogP contribution < -0.4 is 5.32 Å². The van der Waals surface area contributed by atoms with Crippen molar-refractivity contribution < 1.29 is 19.1 Å². The van der Waals surface area contributed by atoms with Crippen molar-refractivity contribution in [3.05, 3.63) is 47.8 Å². The summed E-state index contributed by atoms with van der Waals surface area (Å²) < 4.78 is 12.8. The number of hydrogen-bond acceptors (Lipinski definition) is 2. The van der Waals surface area contributed by atoms with Crippen molar-refractivity contribution in [2.45, 2.75) is 13.0 Å². The van der Waals surface area contributed by atoms with E-state index in [0.717, 1.165) is 12.0 Å². The largest absolute Gasteiger partial charge is 0.481 e. The lowest BCUT2D eigenvalue weighted by Gasteiger charge is -2.23. The van der Waals surface area contributed by atoms with Crippen molar-refractivity contribution in [3.63, 3.8) is 0 Å². The summed E-state index contributed by atoms with van der Waals surface area (Å²) in [4.78, 5) is 23.7. The highest BCUT2D eigenvalue weighted by molar-refractivity contribution is 5.86. The number of carboxylic acids is 1. The molecule has 0 radical (unpaired) electrons. The first-order chi connectivity index (χ1) is 10.1. The van der Waals surface area contributed by atoms with E-state index in [2.05, 4.69) is 5.32 Å². The fourth-order valence-electron chi connectivity index (χ4n) is 3.43. The number of nitrogens with one attached hydrogen (secondary N) is 1. The quantitative estimate of drug-likeness (QED) is 0.833. The molecule has 0 aliphatic heterocycles. The van der Waals surface area contributed by atoms with Gasteiger partial charge in [-0.1, -0.05) is 24.3 Å². The van der Waals surface area contributed by atoms with Crippen molar-refractivity contribution in [2.24, 2.45) is 23.7 Å². The molecule has 4 nitrogen and oxygen atoms in total. The molecule has 2 bridgehead atoms. The standard InChI is InChI=1S/C16H16FNO3/c17-12-5-1-9(2-6-12)8-18-15(19)13-10-3-4-11(7-10)14(13)16(20)21/h1-6,10-11,13-14H,7-8H2,(H,18,19)(H,20,21)/t10-,11+,13-,14+/m1/s1. The summed E-state index contributed by atoms with van der Waals surface area (Å²) in [7, 11) is 0. The summed E-state index contributed by atoms with van der Waals surface area (Å²) in [6.45, 7) is 0.281. The third-order valence-corrected chi connectivity index (χ3v) is 4.43. The molecular weight excluding hydrogens is 273 g/mol. The summed E-state index contributed by atoms with van der Waals surface area (Å²) >= 11 is 0. The molecule has 0 aromatic heterocycles. The zero-order chi connectivity index (χ0) is 15.0. The zero-order valence-corrected chi connectivity index (χ0v) is 11.3. The lowest BCUT2D eigenvalue weighted by Crippen LogP contribution is -2.39. The Kier molecular flexibility index (Phi) is 3.49. The van der Waals surface area contributed by atoms with Crippen molar-refractivity contribution >= 4 is 11.9 Å². The molecule has 1 aromatic carbocycles. The van der Waals surface area contributed by atoms with Crippen LogP contribution in [-0.2, 0) is 16.1 Å². The molecule has 110 valence electrons. The number of fused-ring (bicyclic) bond motifs is 2. The van der Waals surface area contributed by atoms with Gasteiger partial charge in [0.15, 0.2) is 0 Å². The Labute approximate surface area is 121 Å². The first-order valence-corrected chi connectivity index (χ1v) is 6.99. The number of aliphatic carboxylic acids is 1. The van der Waals surface area contributed by atoms with Gasteiger partial charge in [-0.15, -0.1) is 0 Å². The number of benzene rings is 1. The highest BCUT2D eigenvalue weighted by Crippen LogP contribution is 2.48. The summed E-state index contributed by atoms with van der Waals surface area (Å²) in [6.07, 6.45) is 4.60. The van der Waals surface area contributed by atoms with E-state index in [4.69, 9.17) is 0 Å². The molecule has 0 heterocycles. The van der Waals surface area contributed by atoms with Crippen molar-refractivity contribution in [1.82, 2.24) is 5.32 Å². The second kappa shape index (κ2) is 5.31. The number of rotatable bonds is 4. The summed E-state index contributed by atoms with van der Waals surface area (Å²) in [6, 6.07) is 5.87. The predicted octanol–water partition coefficient (Wildman–Crippen LogP) is 1.96. The van der Waals surface area contributed by atoms with E-state index in [1.165, 1.54) is 12.1 Å². The van der Waals surface area contributed by atoms with Crippen LogP contribution in [0, 0.1) is 29.5 Å². The van der Waals surface area contributed by atoms with Gasteiger partial charge in [0.25, 0.3) is 0 Å². The molecule has 1 amide bonds. The van der Waals surface area contributed by atoms with Crippen LogP contribution in [0.4, 0.5) is 4.39 Å². The second-order valence-electron chi connectivity index (χ2n) is 5.68. The fourth-order valence-corrected chi connectivity index (χ4v) is 3.43. The highest BCUT2D eigenvalue weighted by Gasteiger charge is 2.51. The van der Waals surface area contributed by atoms with Crippen LogP contribution in [-0.4, -0.2) is 17.0 Å². The Bertz CT molecular complexity index is 596. The number of carboxylic acid groups (broad SMARTS) is 1. The van der Waals surface area contributed by atoms with E-state index in [9.17, 15) is 19.1 Å². The second-order valence-corrected chi connectivity index (χ2v) is 5.68. The van der Waals surface area contributed by atoms with E-state index < -0.39 is 17.8 Å². The van der Waals surface area contributed by atoms with Crippen LogP contribution in [0.5, 0.6) is 0 Å². The molecule has 0 unspecified atom stereocenters. The van der Waals surface area contributed by atoms with E-state index >= 15 is 0 Å². The molecule has 1 saturated carbocycles. The van der Waals surface area contributed by atoms with Crippen molar-refractivity contribution in [1.29, 1.82) is 0 Å². The average Bonchev–Trinajstić information content (AvgIpc) is 3.06. The third kappa shape index (κ3) is 2.55. The SMILES string of the molecule is O=C(O)[C@@H]1[C@H](C(=O)NCc2ccc(F)cc2)[C@@H]2C=C[C@H]1C2. The Morgan fingerprint density at radius 2 is 1.76 bits per heavy atom. The number of hydrogen-bond donors (Lipinski definition) is 2. The zero-order valence-electron chi connectivity index (χ0n) is 11.3. The fraction of sp³-hybridized carbons (Fsp3) is 0.375. The van der Waals surface area contributed by atoms with Crippen LogP contribution >= 0.6 is 0 Å². The molecule has 21 heavy (non-hydrogen) atoms. The molecule has 0 spiro atoms. The monoisotopic (exact) mass is 289 g/mol. The topological polar surface area (TPSA) is 66.4 Å². The maximum atomic E-state index is 12.8. The van der Waals surface area contributed by atoms with Gasteiger partial charge in [0.1, 0.15) is 5.82 Å². The van der Waals surface area contributed by atoms with Crippen LogP contribution in [0.2, 0.25) is 0 Å². The molecule has 5 heteroatoms. The molecule has 1 aromatic rings. The molecule has 1 fully saturated rings. The highest BCUT2D eigenvalue weighted by atomic mass is 19.1. The first kappa shape index (κ1) is 13.8. The average molecular weight is 289 g/mol. The van der Waals surface area contributed by atoms with Gasteiger partial charge < -0.3 is 10.4 Å². The minimum Gasteiger partial charge on any atom is -0.481 e. The Morgan fingerprint density at radius 1 is 1.14 bits per heavy atom. The van der Waals surface area contributed by atoms with Crippen molar-refractivity contribution in [3.8, 4) is 0 Å². The summed E-state index contributed by atoms with van der Waals surface area (Å²) in [5, 5.41) is 12.1. The van der Waals surface area contributed by atoms with Crippen molar-refractivity contribution in [2.75, 3.05) is 0 Å². The van der Waals surface area contributed by atoms with E-state index in [-0.39, 0.29) is 30.1 Å². The normalized spacial score (nSPS) is 29.6. The van der Waals surface area contributed by atoms with Gasteiger partial charge in [-0.25, -0.2) is 4.39 Å². The maximum Gasteiger partial charge on any atom is 0.307 e. The number of amides is 1. The van der Waals surface area contributed by atoms with Gasteiger partial charge in [0.2, 0.25) is 5.91 Å². The molecular formula is C16H16FNO3. The van der Waals surface area contributed by atoms with E-state index in [1.807, 2.05) is 12.2 Å². The Morgan fingerprint density at radius 3 is 2.38 bits per heavy atom. The summed E-state index contributed by atoms with van der Waals surface area (Å²) in [5.41, 5.74) is 0.787. The van der Waals surface area contributed by atoms with Gasteiger partial charge in [-0.3, -0.25) is 9.59 Å². The predicted molar refractivity (Wildman–Crippen MR) is 73.6 cm³/mol. The van der Waals surface area contributed by atoms with Gasteiger partial charge in [-0.2, -0.15) is 0 Å². The molecule has 2 N–H and O–H groups in total. The van der Waals surface area contributed by atoms with E-state index in [1.54, 1.807) is 12.1 Å². The van der Waals surface area contributed by atoms with Gasteiger partial charge in [0, 0.05) is 6.54 Å². The number of carbonyl (C=O) groups excluding carboxylic acids is 1. The van der Waals surface area contributed by atoms with Crippen LogP contribution in [0.15, 0.2) is 36.4 Å². The minimum absolute atomic E-state index is 0.0179. The van der Waals surface area contributed by atoms with Crippen LogP contribution in [0.1, 0.15) is 12.0 Å². The number of halogens is 1. The first-order valence-electron chi connectivity index (χ1n) is 6.99. The molecule has 2 aliphatic carbocycles. The Balaban J connectivity index is 1.66. The lowest BCUT2D eigenvalue weighted by atomic mass is 9.82. The molecule has 0 saturated heterocycles. The molecule has 4 atom stereocenters. The lowest BCUT2D eigenvalue weighted by molar-refractivity contribution is -0.147. The minimum atomic E-state index is -0.909. The third-order valence-electron chi connectivity index (χ3n) is 4.43. The summed E-state index contributed by atoms with van der Waals surface area (Å²) in [5.74, 6) is -2.61. The van der Waals surface area contributed by atoms with Gasteiger partial charge >= 0.3 is 5.97 Å². The molecule has 3 rings (SSSR count). The number of allylic oxidation sites excluding steroid dienone is 2. The maximum absolute atomic E-state index is 12.8. The van der Waals surface area contributed by atoms with Crippen LogP contribution in [0.3, 0.4) is 0 Å². The van der Waals surface area contributed by atoms with Gasteiger partial charge in [0.05, 0.1) is 11.8 Å². The van der Waals surface area contributed by atoms with Gasteiger partial charge in [-0.05, 0) is 36.0 Å². The molecule has 2 aliphatic rings. The van der Waals surface area contributed by atoms with E-state index in [0.29, 0.717) is 0 Å². The Hall–Kier alpha value is -2.17. The number of carbonyl (C=O) groups is 2.